The van der Waals surface area contributed by atoms with Crippen molar-refractivity contribution in [2.24, 2.45) is 0 Å². The fourth-order valence-corrected chi connectivity index (χ4v) is 4.95. The molecule has 4 rings (SSSR count). The lowest BCUT2D eigenvalue weighted by atomic mass is 10.1. The molecular formula is C25H17BrClIN2O4S. The van der Waals surface area contributed by atoms with Crippen LogP contribution < -0.4 is 10.1 Å². The molecule has 0 radical (unpaired) electrons. The van der Waals surface area contributed by atoms with Crippen LogP contribution in [0.1, 0.15) is 11.1 Å². The van der Waals surface area contributed by atoms with Crippen LogP contribution in [0.4, 0.5) is 10.5 Å². The molecule has 0 unspecified atom stereocenters. The van der Waals surface area contributed by atoms with E-state index in [0.717, 1.165) is 30.3 Å². The number of nitrogens with one attached hydrogen (secondary N) is 1. The maximum Gasteiger partial charge on any atom is 0.294 e. The first-order valence-electron chi connectivity index (χ1n) is 10.3. The summed E-state index contributed by atoms with van der Waals surface area (Å²) in [4.78, 5) is 39.0. The van der Waals surface area contributed by atoms with E-state index in [1.807, 2.05) is 36.4 Å². The molecule has 1 aliphatic rings. The Bertz CT molecular complexity index is 1330. The second-order valence-corrected chi connectivity index (χ2v) is 10.9. The Hall–Kier alpha value is -2.34. The number of carbonyl (C=O) groups is 3. The van der Waals surface area contributed by atoms with Gasteiger partial charge in [-0.15, -0.1) is 0 Å². The molecular weight excluding hydrogens is 667 g/mol. The van der Waals surface area contributed by atoms with Crippen LogP contribution >= 0.6 is 61.9 Å². The molecule has 0 bridgehead atoms. The Balaban J connectivity index is 1.48. The third-order valence-corrected chi connectivity index (χ3v) is 7.39. The normalized spacial score (nSPS) is 14.5. The van der Waals surface area contributed by atoms with Crippen molar-refractivity contribution in [3.05, 3.63) is 95.8 Å². The van der Waals surface area contributed by atoms with E-state index in [1.54, 1.807) is 36.4 Å². The van der Waals surface area contributed by atoms with Gasteiger partial charge in [-0.2, -0.15) is 0 Å². The van der Waals surface area contributed by atoms with Crippen LogP contribution in [0.5, 0.6) is 5.75 Å². The Morgan fingerprint density at radius 2 is 1.86 bits per heavy atom. The van der Waals surface area contributed by atoms with Crippen LogP contribution in [-0.4, -0.2) is 28.5 Å². The maximum absolute atomic E-state index is 12.9. The second-order valence-electron chi connectivity index (χ2n) is 7.39. The largest absolute Gasteiger partial charge is 0.488 e. The van der Waals surface area contributed by atoms with E-state index in [2.05, 4.69) is 43.8 Å². The minimum atomic E-state index is -0.533. The number of thioether (sulfide) groups is 1. The number of imide groups is 1. The molecule has 3 aromatic carbocycles. The summed E-state index contributed by atoms with van der Waals surface area (Å²) < 4.78 is 7.77. The number of ether oxygens (including phenoxy) is 1. The molecule has 1 aliphatic heterocycles. The van der Waals surface area contributed by atoms with Gasteiger partial charge in [0.15, 0.2) is 0 Å². The molecule has 0 aliphatic carbocycles. The van der Waals surface area contributed by atoms with Crippen LogP contribution in [0.15, 0.2) is 76.1 Å². The molecule has 10 heteroatoms. The van der Waals surface area contributed by atoms with E-state index in [1.165, 1.54) is 0 Å². The van der Waals surface area contributed by atoms with E-state index >= 15 is 0 Å². The van der Waals surface area contributed by atoms with Crippen molar-refractivity contribution in [3.63, 3.8) is 0 Å². The first-order chi connectivity index (χ1) is 16.8. The fourth-order valence-electron chi connectivity index (χ4n) is 3.19. The van der Waals surface area contributed by atoms with E-state index in [-0.39, 0.29) is 18.1 Å². The number of carbonyl (C=O) groups excluding carboxylic acids is 3. The van der Waals surface area contributed by atoms with Crippen LogP contribution in [0.25, 0.3) is 6.08 Å². The van der Waals surface area contributed by atoms with E-state index in [0.29, 0.717) is 22.0 Å². The third-order valence-electron chi connectivity index (χ3n) is 4.90. The van der Waals surface area contributed by atoms with Crippen molar-refractivity contribution in [2.45, 2.75) is 6.61 Å². The number of hydrogen-bond donors (Lipinski definition) is 1. The average molecular weight is 684 g/mol. The maximum atomic E-state index is 12.9. The highest BCUT2D eigenvalue weighted by Crippen LogP contribution is 2.35. The monoisotopic (exact) mass is 682 g/mol. The lowest BCUT2D eigenvalue weighted by Crippen LogP contribution is -2.36. The van der Waals surface area contributed by atoms with Crippen molar-refractivity contribution >= 4 is 90.7 Å². The molecule has 0 saturated carbocycles. The number of amides is 3. The van der Waals surface area contributed by atoms with Gasteiger partial charge in [0.2, 0.25) is 5.91 Å². The Morgan fingerprint density at radius 1 is 1.11 bits per heavy atom. The van der Waals surface area contributed by atoms with E-state index in [4.69, 9.17) is 16.3 Å². The molecule has 1 N–H and O–H groups in total. The summed E-state index contributed by atoms with van der Waals surface area (Å²) in [5, 5.41) is 2.79. The standard InChI is InChI=1S/C25H17BrClIN2O4S/c26-17-5-10-21(34-14-15-3-1-2-4-20(15)27)16(11-17)12-22-24(32)30(25(33)35-22)13-23(31)29-19-8-6-18(28)7-9-19/h1-12H,13-14H2,(H,29,31)/b22-12-. The third kappa shape index (κ3) is 6.66. The Kier molecular flexibility index (Phi) is 8.53. The summed E-state index contributed by atoms with van der Waals surface area (Å²) in [5.41, 5.74) is 2.02. The zero-order chi connectivity index (χ0) is 24.9. The molecule has 3 aromatic rings. The van der Waals surface area contributed by atoms with Crippen molar-refractivity contribution in [3.8, 4) is 5.75 Å². The molecule has 0 spiro atoms. The topological polar surface area (TPSA) is 75.7 Å². The predicted molar refractivity (Wildman–Crippen MR) is 150 cm³/mol. The molecule has 35 heavy (non-hydrogen) atoms. The first kappa shape index (κ1) is 25.7. The molecule has 1 saturated heterocycles. The van der Waals surface area contributed by atoms with Gasteiger partial charge in [-0.05, 0) is 89.0 Å². The summed E-state index contributed by atoms with van der Waals surface area (Å²) >= 11 is 12.6. The summed E-state index contributed by atoms with van der Waals surface area (Å²) in [6.07, 6.45) is 1.59. The Labute approximate surface area is 233 Å². The highest BCUT2D eigenvalue weighted by atomic mass is 127. The summed E-state index contributed by atoms with van der Waals surface area (Å²) in [7, 11) is 0. The van der Waals surface area contributed by atoms with Gasteiger partial charge in [-0.25, -0.2) is 0 Å². The molecule has 0 aromatic heterocycles. The van der Waals surface area contributed by atoms with Gasteiger partial charge >= 0.3 is 0 Å². The summed E-state index contributed by atoms with van der Waals surface area (Å²) in [6, 6.07) is 20.0. The fraction of sp³-hybridized carbons (Fsp3) is 0.0800. The number of benzene rings is 3. The zero-order valence-electron chi connectivity index (χ0n) is 18.0. The number of halogens is 3. The van der Waals surface area contributed by atoms with Gasteiger partial charge in [0.1, 0.15) is 18.9 Å². The highest BCUT2D eigenvalue weighted by Gasteiger charge is 2.36. The van der Waals surface area contributed by atoms with Crippen LogP contribution in [0.3, 0.4) is 0 Å². The van der Waals surface area contributed by atoms with Crippen molar-refractivity contribution in [2.75, 3.05) is 11.9 Å². The number of nitrogens with zero attached hydrogens (tertiary/aromatic N) is 1. The van der Waals surface area contributed by atoms with Crippen LogP contribution in [0.2, 0.25) is 5.02 Å². The summed E-state index contributed by atoms with van der Waals surface area (Å²) in [6.45, 7) is -0.134. The van der Waals surface area contributed by atoms with Crippen LogP contribution in [0, 0.1) is 3.57 Å². The van der Waals surface area contributed by atoms with Gasteiger partial charge in [0.25, 0.3) is 11.1 Å². The average Bonchev–Trinajstić information content (AvgIpc) is 3.08. The van der Waals surface area contributed by atoms with E-state index in [9.17, 15) is 14.4 Å². The quantitative estimate of drug-likeness (QED) is 0.215. The smallest absolute Gasteiger partial charge is 0.294 e. The molecule has 0 atom stereocenters. The SMILES string of the molecule is O=C(CN1C(=O)S/C(=C\c2cc(Br)ccc2OCc2ccccc2Cl)C1=O)Nc1ccc(I)cc1. The lowest BCUT2D eigenvalue weighted by Gasteiger charge is -2.13. The molecule has 1 fully saturated rings. The van der Waals surface area contributed by atoms with Crippen molar-refractivity contribution in [1.82, 2.24) is 4.90 Å². The molecule has 1 heterocycles. The predicted octanol–water partition coefficient (Wildman–Crippen LogP) is 6.96. The van der Waals surface area contributed by atoms with Crippen molar-refractivity contribution in [1.29, 1.82) is 0 Å². The highest BCUT2D eigenvalue weighted by molar-refractivity contribution is 14.1. The number of anilines is 1. The van der Waals surface area contributed by atoms with Gasteiger partial charge in [0, 0.05) is 29.9 Å². The number of hydrogen-bond acceptors (Lipinski definition) is 5. The molecule has 178 valence electrons. The second kappa shape index (κ2) is 11.6. The lowest BCUT2D eigenvalue weighted by molar-refractivity contribution is -0.127. The summed E-state index contributed by atoms with van der Waals surface area (Å²) in [5.74, 6) is -0.466. The minimum Gasteiger partial charge on any atom is -0.488 e. The molecule has 3 amide bonds. The van der Waals surface area contributed by atoms with Gasteiger partial charge in [-0.1, -0.05) is 45.7 Å². The van der Waals surface area contributed by atoms with Gasteiger partial charge in [-0.3, -0.25) is 19.3 Å². The van der Waals surface area contributed by atoms with Crippen molar-refractivity contribution < 1.29 is 19.1 Å². The first-order valence-corrected chi connectivity index (χ1v) is 13.3. The minimum absolute atomic E-state index is 0.206. The number of rotatable bonds is 7. The molecule has 6 nitrogen and oxygen atoms in total. The van der Waals surface area contributed by atoms with Crippen LogP contribution in [-0.2, 0) is 16.2 Å². The van der Waals surface area contributed by atoms with E-state index < -0.39 is 17.1 Å². The van der Waals surface area contributed by atoms with Gasteiger partial charge in [0.05, 0.1) is 4.91 Å². The Morgan fingerprint density at radius 3 is 2.60 bits per heavy atom. The van der Waals surface area contributed by atoms with Gasteiger partial charge < -0.3 is 10.1 Å². The zero-order valence-corrected chi connectivity index (χ0v) is 23.3.